The summed E-state index contributed by atoms with van der Waals surface area (Å²) in [6.45, 7) is 0.629. The average Bonchev–Trinajstić information content (AvgIpc) is 2.44. The summed E-state index contributed by atoms with van der Waals surface area (Å²) in [5.41, 5.74) is 8.12. The van der Waals surface area contributed by atoms with Gasteiger partial charge in [-0.15, -0.1) is 0 Å². The van der Waals surface area contributed by atoms with Gasteiger partial charge in [0.15, 0.2) is 0 Å². The number of azide groups is 1. The normalized spacial score (nSPS) is 13.7. The molecule has 0 fully saturated rings. The summed E-state index contributed by atoms with van der Waals surface area (Å²) in [7, 11) is -1.01. The third-order valence-electron chi connectivity index (χ3n) is 3.22. The lowest BCUT2D eigenvalue weighted by Crippen LogP contribution is -2.05. The van der Waals surface area contributed by atoms with Crippen molar-refractivity contribution in [2.75, 3.05) is 19.4 Å². The minimum Gasteiger partial charge on any atom is -0.293 e. The van der Waals surface area contributed by atoms with Crippen LogP contribution in [0.15, 0.2) is 5.11 Å². The van der Waals surface area contributed by atoms with Crippen LogP contribution in [0, 0.1) is 0 Å². The topological polar surface area (TPSA) is 75.1 Å². The van der Waals surface area contributed by atoms with Gasteiger partial charge < -0.3 is 0 Å². The molecule has 0 rings (SSSR count). The highest BCUT2D eigenvalue weighted by atomic mass is 32.8. The lowest BCUT2D eigenvalue weighted by Gasteiger charge is -2.04. The van der Waals surface area contributed by atoms with Gasteiger partial charge >= 0.3 is 0 Å². The molecule has 0 aromatic carbocycles. The van der Waals surface area contributed by atoms with E-state index < -0.39 is 8.77 Å². The van der Waals surface area contributed by atoms with Crippen molar-refractivity contribution < 1.29 is 8.39 Å². The molecule has 0 saturated carbocycles. The van der Waals surface area contributed by atoms with Crippen molar-refractivity contribution in [2.45, 2.75) is 64.2 Å². The second-order valence-corrected chi connectivity index (χ2v) is 8.30. The van der Waals surface area contributed by atoms with Crippen LogP contribution in [0.25, 0.3) is 10.4 Å². The zero-order valence-corrected chi connectivity index (χ0v) is 14.1. The van der Waals surface area contributed by atoms with Crippen LogP contribution in [0.5, 0.6) is 0 Å². The fraction of sp³-hybridized carbons (Fsp3) is 1.00. The molecule has 0 aliphatic rings. The molecule has 7 heteroatoms. The first-order chi connectivity index (χ1) is 9.62. The van der Waals surface area contributed by atoms with E-state index in [1.165, 1.54) is 45.6 Å². The smallest absolute Gasteiger partial charge is 0.143 e. The van der Waals surface area contributed by atoms with Crippen LogP contribution in [0.4, 0.5) is 0 Å². The number of hydrogen-bond acceptors (Lipinski definition) is 4. The van der Waals surface area contributed by atoms with E-state index in [9.17, 15) is 4.21 Å². The van der Waals surface area contributed by atoms with Crippen LogP contribution >= 0.6 is 0 Å². The maximum Gasteiger partial charge on any atom is 0.143 e. The maximum absolute atomic E-state index is 11.4. The van der Waals surface area contributed by atoms with Gasteiger partial charge in [-0.25, -0.2) is 4.21 Å². The molecular formula is C13H27N3O2S2. The van der Waals surface area contributed by atoms with E-state index in [0.717, 1.165) is 25.7 Å². The SMILES string of the molecule is COS(=O)(=S)CCCCCCCCCCCCN=[N+]=[N-]. The predicted octanol–water partition coefficient (Wildman–Crippen LogP) is 4.51. The molecule has 0 amide bonds. The van der Waals surface area contributed by atoms with Gasteiger partial charge in [-0.05, 0) is 18.4 Å². The van der Waals surface area contributed by atoms with E-state index in [1.54, 1.807) is 0 Å². The summed E-state index contributed by atoms with van der Waals surface area (Å²) >= 11 is 4.81. The first kappa shape index (κ1) is 19.6. The number of hydrogen-bond donors (Lipinski definition) is 0. The zero-order chi connectivity index (χ0) is 15.1. The molecule has 0 aromatic rings. The van der Waals surface area contributed by atoms with Crippen LogP contribution < -0.4 is 0 Å². The zero-order valence-electron chi connectivity index (χ0n) is 12.5. The van der Waals surface area contributed by atoms with E-state index >= 15 is 0 Å². The summed E-state index contributed by atoms with van der Waals surface area (Å²) in [5, 5.41) is 3.51. The van der Waals surface area contributed by atoms with Crippen molar-refractivity contribution in [1.29, 1.82) is 0 Å². The molecule has 0 aromatic heterocycles. The molecule has 0 saturated heterocycles. The molecular weight excluding hydrogens is 294 g/mol. The van der Waals surface area contributed by atoms with Gasteiger partial charge in [-0.3, -0.25) is 4.18 Å². The quantitative estimate of drug-likeness (QED) is 0.204. The van der Waals surface area contributed by atoms with Crippen LogP contribution in [0.1, 0.15) is 64.2 Å². The molecule has 1 unspecified atom stereocenters. The molecule has 0 aliphatic heterocycles. The van der Waals surface area contributed by atoms with Crippen molar-refractivity contribution in [3.05, 3.63) is 10.4 Å². The largest absolute Gasteiger partial charge is 0.293 e. The number of nitrogens with zero attached hydrogens (tertiary/aromatic N) is 3. The van der Waals surface area contributed by atoms with Crippen molar-refractivity contribution in [3.8, 4) is 0 Å². The van der Waals surface area contributed by atoms with Gasteiger partial charge in [0.1, 0.15) is 8.77 Å². The van der Waals surface area contributed by atoms with Gasteiger partial charge in [0.05, 0.1) is 12.9 Å². The van der Waals surface area contributed by atoms with Gasteiger partial charge in [0.2, 0.25) is 0 Å². The molecule has 0 spiro atoms. The summed E-state index contributed by atoms with van der Waals surface area (Å²) < 4.78 is 16.2. The first-order valence-electron chi connectivity index (χ1n) is 7.41. The fourth-order valence-corrected chi connectivity index (χ4v) is 3.08. The van der Waals surface area contributed by atoms with E-state index in [-0.39, 0.29) is 0 Å². The Morgan fingerprint density at radius 1 is 1.00 bits per heavy atom. The molecule has 0 aliphatic carbocycles. The highest BCUT2D eigenvalue weighted by Crippen LogP contribution is 2.11. The molecule has 1 atom stereocenters. The van der Waals surface area contributed by atoms with Gasteiger partial charge in [0, 0.05) is 22.6 Å². The van der Waals surface area contributed by atoms with Crippen molar-refractivity contribution in [3.63, 3.8) is 0 Å². The van der Waals surface area contributed by atoms with Crippen LogP contribution in [0.3, 0.4) is 0 Å². The Labute approximate surface area is 128 Å². The minimum atomic E-state index is -2.43. The van der Waals surface area contributed by atoms with Crippen LogP contribution in [0.2, 0.25) is 0 Å². The average molecular weight is 322 g/mol. The monoisotopic (exact) mass is 321 g/mol. The third kappa shape index (κ3) is 14.1. The van der Waals surface area contributed by atoms with Crippen molar-refractivity contribution >= 4 is 20.0 Å². The van der Waals surface area contributed by atoms with Crippen molar-refractivity contribution in [1.82, 2.24) is 0 Å². The van der Waals surface area contributed by atoms with E-state index in [2.05, 4.69) is 10.0 Å². The van der Waals surface area contributed by atoms with E-state index in [4.69, 9.17) is 20.9 Å². The lowest BCUT2D eigenvalue weighted by molar-refractivity contribution is 0.441. The molecule has 20 heavy (non-hydrogen) atoms. The van der Waals surface area contributed by atoms with Crippen LogP contribution in [-0.2, 0) is 24.1 Å². The van der Waals surface area contributed by atoms with Gasteiger partial charge in [-0.2, -0.15) is 0 Å². The number of unbranched alkanes of at least 4 members (excludes halogenated alkanes) is 9. The Hall–Kier alpha value is -0.360. The summed E-state index contributed by atoms with van der Waals surface area (Å²) in [6, 6.07) is 0. The maximum atomic E-state index is 11.4. The Morgan fingerprint density at radius 2 is 1.45 bits per heavy atom. The summed E-state index contributed by atoms with van der Waals surface area (Å²) in [6.07, 6.45) is 11.6. The van der Waals surface area contributed by atoms with Gasteiger partial charge in [0.25, 0.3) is 0 Å². The Morgan fingerprint density at radius 3 is 1.90 bits per heavy atom. The summed E-state index contributed by atoms with van der Waals surface area (Å²) in [4.78, 5) is 2.73. The first-order valence-corrected chi connectivity index (χ1v) is 9.99. The van der Waals surface area contributed by atoms with E-state index in [1.807, 2.05) is 0 Å². The van der Waals surface area contributed by atoms with E-state index in [0.29, 0.717) is 12.3 Å². The second kappa shape index (κ2) is 13.6. The van der Waals surface area contributed by atoms with Gasteiger partial charge in [-0.1, -0.05) is 56.5 Å². The second-order valence-electron chi connectivity index (χ2n) is 4.92. The molecule has 0 radical (unpaired) electrons. The predicted molar refractivity (Wildman–Crippen MR) is 87.6 cm³/mol. The highest BCUT2D eigenvalue weighted by molar-refractivity contribution is 8.30. The lowest BCUT2D eigenvalue weighted by atomic mass is 10.1. The highest BCUT2D eigenvalue weighted by Gasteiger charge is 2.02. The Kier molecular flexibility index (Phi) is 13.4. The summed E-state index contributed by atoms with van der Waals surface area (Å²) in [5.74, 6) is 0.504. The van der Waals surface area contributed by atoms with Crippen molar-refractivity contribution in [2.24, 2.45) is 5.11 Å². The number of rotatable bonds is 14. The standard InChI is InChI=1S/C13H27N3O2S2/c1-18-20(17,19)13-11-9-7-5-3-2-4-6-8-10-12-15-16-14/h2-13H2,1H3. The Bertz CT molecular complexity index is 366. The molecule has 0 bridgehead atoms. The fourth-order valence-electron chi connectivity index (χ4n) is 2.00. The molecule has 118 valence electrons. The Balaban J connectivity index is 3.15. The third-order valence-corrected chi connectivity index (χ3v) is 5.42. The minimum absolute atomic E-state index is 0.504. The van der Waals surface area contributed by atoms with Crippen LogP contribution in [-0.4, -0.2) is 23.6 Å². The molecule has 5 nitrogen and oxygen atoms in total. The molecule has 0 heterocycles. The molecule has 0 N–H and O–H groups in total.